The first kappa shape index (κ1) is 16.0. The van der Waals surface area contributed by atoms with E-state index in [4.69, 9.17) is 4.98 Å². The number of aromatic nitrogens is 1. The average Bonchev–Trinajstić information content (AvgIpc) is 3.32. The molecule has 25 heavy (non-hydrogen) atoms. The third kappa shape index (κ3) is 2.66. The first-order valence-electron chi connectivity index (χ1n) is 8.38. The van der Waals surface area contributed by atoms with Gasteiger partial charge in [0.1, 0.15) is 11.5 Å². The summed E-state index contributed by atoms with van der Waals surface area (Å²) in [5, 5.41) is 2.04. The molecule has 1 saturated carbocycles. The highest BCUT2D eigenvalue weighted by Gasteiger charge is 2.33. The molecular weight excluding hydrogens is 332 g/mol. The number of rotatable bonds is 4. The van der Waals surface area contributed by atoms with Gasteiger partial charge in [0.2, 0.25) is 0 Å². The predicted octanol–water partition coefficient (Wildman–Crippen LogP) is 3.60. The van der Waals surface area contributed by atoms with Crippen LogP contribution in [0.5, 0.6) is 0 Å². The summed E-state index contributed by atoms with van der Waals surface area (Å²) in [7, 11) is 1.77. The van der Waals surface area contributed by atoms with Crippen LogP contribution in [-0.4, -0.2) is 34.7 Å². The highest BCUT2D eigenvalue weighted by atomic mass is 32.1. The molecule has 1 aliphatic heterocycles. The number of amidine groups is 1. The van der Waals surface area contributed by atoms with E-state index in [-0.39, 0.29) is 5.91 Å². The van der Waals surface area contributed by atoms with E-state index in [2.05, 4.69) is 23.4 Å². The Morgan fingerprint density at radius 3 is 2.92 bits per heavy atom. The lowest BCUT2D eigenvalue weighted by atomic mass is 10.2. The number of nitrogens with zero attached hydrogens (tertiary/aromatic N) is 4. The van der Waals surface area contributed by atoms with E-state index in [1.807, 2.05) is 29.8 Å². The summed E-state index contributed by atoms with van der Waals surface area (Å²) in [5.74, 6) is 1.51. The van der Waals surface area contributed by atoms with Gasteiger partial charge in [-0.25, -0.2) is 4.98 Å². The lowest BCUT2D eigenvalue weighted by Gasteiger charge is -2.22. The second kappa shape index (κ2) is 6.11. The Labute approximate surface area is 151 Å². The maximum atomic E-state index is 12.7. The number of pyridine rings is 1. The minimum atomic E-state index is 0.0375. The number of aryl methyl sites for hydroxylation is 1. The van der Waals surface area contributed by atoms with Gasteiger partial charge in [0.25, 0.3) is 5.91 Å². The van der Waals surface area contributed by atoms with Gasteiger partial charge in [0.05, 0.1) is 11.4 Å². The number of carbonyl (C=O) groups excluding carboxylic acids is 1. The van der Waals surface area contributed by atoms with Crippen molar-refractivity contribution in [1.82, 2.24) is 9.88 Å². The molecule has 0 N–H and O–H groups in total. The van der Waals surface area contributed by atoms with Crippen LogP contribution in [0.15, 0.2) is 41.4 Å². The molecule has 0 atom stereocenters. The highest BCUT2D eigenvalue weighted by molar-refractivity contribution is 7.12. The molecule has 3 heterocycles. The smallest absolute Gasteiger partial charge is 0.270 e. The van der Waals surface area contributed by atoms with Crippen LogP contribution in [0.2, 0.25) is 0 Å². The zero-order valence-corrected chi connectivity index (χ0v) is 15.2. The molecule has 2 aromatic heterocycles. The van der Waals surface area contributed by atoms with E-state index in [9.17, 15) is 4.79 Å². The van der Waals surface area contributed by atoms with Crippen molar-refractivity contribution in [3.63, 3.8) is 0 Å². The fraction of sp³-hybridized carbons (Fsp3) is 0.316. The Morgan fingerprint density at radius 1 is 1.48 bits per heavy atom. The van der Waals surface area contributed by atoms with E-state index in [1.165, 1.54) is 16.9 Å². The SMILES string of the molecule is C=CN(/C(=N\C)c1cccc(N2Cc3c(C)csc3C2=O)n1)C1CC1. The molecule has 0 saturated heterocycles. The lowest BCUT2D eigenvalue weighted by molar-refractivity contribution is 0.0999. The third-order valence-electron chi connectivity index (χ3n) is 4.69. The van der Waals surface area contributed by atoms with Gasteiger partial charge in [0.15, 0.2) is 5.84 Å². The Bertz CT molecular complexity index is 881. The molecule has 1 aliphatic carbocycles. The number of amides is 1. The fourth-order valence-electron chi connectivity index (χ4n) is 3.20. The molecule has 4 rings (SSSR count). The van der Waals surface area contributed by atoms with Crippen molar-refractivity contribution in [2.75, 3.05) is 11.9 Å². The second-order valence-electron chi connectivity index (χ2n) is 6.37. The van der Waals surface area contributed by atoms with Crippen LogP contribution in [0.3, 0.4) is 0 Å². The minimum absolute atomic E-state index is 0.0375. The zero-order chi connectivity index (χ0) is 17.6. The quantitative estimate of drug-likeness (QED) is 0.624. The largest absolute Gasteiger partial charge is 0.329 e. The van der Waals surface area contributed by atoms with Crippen LogP contribution in [-0.2, 0) is 6.54 Å². The van der Waals surface area contributed by atoms with Crippen LogP contribution in [0.1, 0.15) is 39.3 Å². The molecule has 1 fully saturated rings. The van der Waals surface area contributed by atoms with Crippen LogP contribution in [0.4, 0.5) is 5.82 Å². The first-order valence-corrected chi connectivity index (χ1v) is 9.26. The number of hydrogen-bond donors (Lipinski definition) is 0. The van der Waals surface area contributed by atoms with E-state index in [1.54, 1.807) is 11.9 Å². The Hall–Kier alpha value is -2.47. The molecule has 2 aliphatic rings. The summed E-state index contributed by atoms with van der Waals surface area (Å²) in [6.07, 6.45) is 4.11. The standard InChI is InChI=1S/C19H20N4OS/c1-4-22(13-8-9-13)18(20-3)15-6-5-7-16(21-15)23-10-14-12(2)11-25-17(14)19(23)24/h4-7,11,13H,1,8-10H2,2-3H3/b20-18-. The molecule has 0 bridgehead atoms. The molecule has 1 amide bonds. The van der Waals surface area contributed by atoms with Gasteiger partial charge in [-0.3, -0.25) is 14.7 Å². The molecule has 6 heteroatoms. The monoisotopic (exact) mass is 352 g/mol. The van der Waals surface area contributed by atoms with Gasteiger partial charge in [-0.15, -0.1) is 11.3 Å². The molecule has 0 radical (unpaired) electrons. The van der Waals surface area contributed by atoms with Crippen molar-refractivity contribution in [1.29, 1.82) is 0 Å². The van der Waals surface area contributed by atoms with Crippen LogP contribution >= 0.6 is 11.3 Å². The summed E-state index contributed by atoms with van der Waals surface area (Å²) >= 11 is 1.52. The van der Waals surface area contributed by atoms with Gasteiger partial charge in [-0.2, -0.15) is 0 Å². The molecular formula is C19H20N4OS. The van der Waals surface area contributed by atoms with E-state index in [0.29, 0.717) is 18.4 Å². The molecule has 2 aromatic rings. The average molecular weight is 352 g/mol. The van der Waals surface area contributed by atoms with Crippen molar-refractivity contribution >= 4 is 28.9 Å². The predicted molar refractivity (Wildman–Crippen MR) is 101 cm³/mol. The van der Waals surface area contributed by atoms with Gasteiger partial charge < -0.3 is 4.90 Å². The minimum Gasteiger partial charge on any atom is -0.329 e. The number of thiophene rings is 1. The van der Waals surface area contributed by atoms with E-state index in [0.717, 1.165) is 34.8 Å². The molecule has 0 spiro atoms. The molecule has 5 nitrogen and oxygen atoms in total. The summed E-state index contributed by atoms with van der Waals surface area (Å²) in [6.45, 7) is 6.55. The van der Waals surface area contributed by atoms with Crippen molar-refractivity contribution in [2.24, 2.45) is 4.99 Å². The molecule has 0 unspecified atom stereocenters. The Balaban J connectivity index is 1.66. The molecule has 128 valence electrons. The summed E-state index contributed by atoms with van der Waals surface area (Å²) in [6, 6.07) is 6.22. The maximum absolute atomic E-state index is 12.7. The number of anilines is 1. The van der Waals surface area contributed by atoms with Crippen molar-refractivity contribution in [2.45, 2.75) is 32.4 Å². The maximum Gasteiger partial charge on any atom is 0.270 e. The summed E-state index contributed by atoms with van der Waals surface area (Å²) in [4.78, 5) is 26.5. The van der Waals surface area contributed by atoms with Crippen LogP contribution < -0.4 is 4.90 Å². The van der Waals surface area contributed by atoms with Gasteiger partial charge in [-0.1, -0.05) is 12.6 Å². The normalized spacial score (nSPS) is 17.0. The first-order chi connectivity index (χ1) is 12.1. The van der Waals surface area contributed by atoms with Gasteiger partial charge in [-0.05, 0) is 54.6 Å². The Kier molecular flexibility index (Phi) is 3.92. The fourth-order valence-corrected chi connectivity index (χ4v) is 4.22. The second-order valence-corrected chi connectivity index (χ2v) is 7.25. The lowest BCUT2D eigenvalue weighted by Crippen LogP contribution is -2.30. The van der Waals surface area contributed by atoms with Crippen molar-refractivity contribution in [3.8, 4) is 0 Å². The van der Waals surface area contributed by atoms with Gasteiger partial charge >= 0.3 is 0 Å². The highest BCUT2D eigenvalue weighted by Crippen LogP contribution is 2.34. The number of fused-ring (bicyclic) bond motifs is 1. The van der Waals surface area contributed by atoms with E-state index >= 15 is 0 Å². The number of aliphatic imine (C=N–C) groups is 1. The number of hydrogen-bond acceptors (Lipinski definition) is 4. The van der Waals surface area contributed by atoms with E-state index < -0.39 is 0 Å². The van der Waals surface area contributed by atoms with Crippen LogP contribution in [0.25, 0.3) is 0 Å². The third-order valence-corrected chi connectivity index (χ3v) is 5.82. The summed E-state index contributed by atoms with van der Waals surface area (Å²) in [5.41, 5.74) is 3.07. The van der Waals surface area contributed by atoms with Crippen LogP contribution in [0, 0.1) is 6.92 Å². The zero-order valence-electron chi connectivity index (χ0n) is 14.4. The van der Waals surface area contributed by atoms with Gasteiger partial charge in [0, 0.05) is 13.1 Å². The topological polar surface area (TPSA) is 48.8 Å². The van der Waals surface area contributed by atoms with Crippen molar-refractivity contribution < 1.29 is 4.79 Å². The Morgan fingerprint density at radius 2 is 2.28 bits per heavy atom. The number of carbonyl (C=O) groups is 1. The van der Waals surface area contributed by atoms with Crippen molar-refractivity contribution in [3.05, 3.63) is 58.1 Å². The summed E-state index contributed by atoms with van der Waals surface area (Å²) < 4.78 is 0. The molecule has 0 aromatic carbocycles.